The Morgan fingerprint density at radius 1 is 1.16 bits per heavy atom. The summed E-state index contributed by atoms with van der Waals surface area (Å²) in [7, 11) is 0. The van der Waals surface area contributed by atoms with E-state index in [0.717, 1.165) is 6.07 Å². The summed E-state index contributed by atoms with van der Waals surface area (Å²) >= 11 is 0. The molecule has 0 saturated carbocycles. The quantitative estimate of drug-likeness (QED) is 0.728. The minimum Gasteiger partial charge on any atom is -0.506 e. The maximum Gasteiger partial charge on any atom is 0.335 e. The summed E-state index contributed by atoms with van der Waals surface area (Å²) in [5.41, 5.74) is 0.417. The van der Waals surface area contributed by atoms with E-state index in [-0.39, 0.29) is 17.0 Å². The van der Waals surface area contributed by atoms with Gasteiger partial charge < -0.3 is 15.5 Å². The Kier molecular flexibility index (Phi) is 3.42. The predicted molar refractivity (Wildman–Crippen MR) is 67.3 cm³/mol. The number of hydrogen-bond donors (Lipinski definition) is 3. The monoisotopic (exact) mass is 258 g/mol. The third-order valence-electron chi connectivity index (χ3n) is 2.42. The number of aromatic hydroxyl groups is 1. The van der Waals surface area contributed by atoms with Crippen LogP contribution in [0, 0.1) is 0 Å². The number of carboxylic acid groups (broad SMARTS) is 1. The lowest BCUT2D eigenvalue weighted by Gasteiger charge is -2.07. The maximum atomic E-state index is 11.8. The van der Waals surface area contributed by atoms with Gasteiger partial charge in [0.25, 0.3) is 5.91 Å². The molecule has 1 aromatic carbocycles. The predicted octanol–water partition coefficient (Wildman–Crippen LogP) is 1.74. The number of anilines is 1. The van der Waals surface area contributed by atoms with E-state index in [1.165, 1.54) is 24.5 Å². The molecular weight excluding hydrogens is 248 g/mol. The fraction of sp³-hybridized carbons (Fsp3) is 0. The molecule has 0 bridgehead atoms. The van der Waals surface area contributed by atoms with Gasteiger partial charge in [-0.2, -0.15) is 0 Å². The lowest BCUT2D eigenvalue weighted by atomic mass is 10.2. The van der Waals surface area contributed by atoms with Gasteiger partial charge in [0.15, 0.2) is 0 Å². The Bertz CT molecular complexity index is 626. The Morgan fingerprint density at radius 3 is 2.53 bits per heavy atom. The summed E-state index contributed by atoms with van der Waals surface area (Å²) in [5, 5.41) is 20.9. The van der Waals surface area contributed by atoms with E-state index in [1.54, 1.807) is 12.1 Å². The van der Waals surface area contributed by atoms with Crippen LogP contribution >= 0.6 is 0 Å². The lowest BCUT2D eigenvalue weighted by Crippen LogP contribution is -2.12. The molecule has 0 aliphatic rings. The number of benzene rings is 1. The first-order chi connectivity index (χ1) is 9.08. The number of nitrogens with zero attached hydrogens (tertiary/aromatic N) is 1. The third-order valence-corrected chi connectivity index (χ3v) is 2.42. The van der Waals surface area contributed by atoms with Crippen LogP contribution in [0.4, 0.5) is 5.69 Å². The number of rotatable bonds is 3. The largest absolute Gasteiger partial charge is 0.506 e. The Hall–Kier alpha value is -2.89. The summed E-state index contributed by atoms with van der Waals surface area (Å²) in [4.78, 5) is 26.3. The van der Waals surface area contributed by atoms with Gasteiger partial charge >= 0.3 is 5.97 Å². The number of carbonyl (C=O) groups is 2. The number of hydrogen-bond acceptors (Lipinski definition) is 4. The number of amides is 1. The van der Waals surface area contributed by atoms with E-state index in [9.17, 15) is 14.7 Å². The van der Waals surface area contributed by atoms with Crippen molar-refractivity contribution >= 4 is 17.6 Å². The van der Waals surface area contributed by atoms with Gasteiger partial charge in [-0.05, 0) is 30.3 Å². The zero-order valence-corrected chi connectivity index (χ0v) is 9.70. The molecule has 0 aliphatic heterocycles. The second kappa shape index (κ2) is 5.18. The second-order valence-electron chi connectivity index (χ2n) is 3.73. The number of pyridine rings is 1. The van der Waals surface area contributed by atoms with Crippen molar-refractivity contribution < 1.29 is 19.8 Å². The van der Waals surface area contributed by atoms with Crippen LogP contribution < -0.4 is 5.32 Å². The van der Waals surface area contributed by atoms with E-state index < -0.39 is 11.9 Å². The molecule has 1 amide bonds. The number of phenolic OH excluding ortho intramolecular Hbond substituents is 1. The highest BCUT2D eigenvalue weighted by Gasteiger charge is 2.11. The molecule has 0 fully saturated rings. The van der Waals surface area contributed by atoms with E-state index in [2.05, 4.69) is 10.3 Å². The van der Waals surface area contributed by atoms with Crippen LogP contribution in [0.5, 0.6) is 5.75 Å². The number of phenols is 1. The van der Waals surface area contributed by atoms with Crippen LogP contribution in [0.15, 0.2) is 42.7 Å². The van der Waals surface area contributed by atoms with Gasteiger partial charge in [0, 0.05) is 12.4 Å². The van der Waals surface area contributed by atoms with Crippen LogP contribution in [-0.2, 0) is 0 Å². The molecule has 1 heterocycles. The normalized spacial score (nSPS) is 9.89. The van der Waals surface area contributed by atoms with Crippen LogP contribution in [0.1, 0.15) is 20.7 Å². The molecule has 3 N–H and O–H groups in total. The number of aromatic carboxylic acids is 1. The Balaban J connectivity index is 2.20. The third kappa shape index (κ3) is 2.86. The van der Waals surface area contributed by atoms with Gasteiger partial charge in [-0.25, -0.2) is 4.79 Å². The molecule has 0 radical (unpaired) electrons. The molecule has 6 heteroatoms. The van der Waals surface area contributed by atoms with Gasteiger partial charge in [-0.15, -0.1) is 0 Å². The van der Waals surface area contributed by atoms with E-state index in [4.69, 9.17) is 5.11 Å². The zero-order valence-electron chi connectivity index (χ0n) is 9.70. The van der Waals surface area contributed by atoms with E-state index >= 15 is 0 Å². The fourth-order valence-electron chi connectivity index (χ4n) is 1.46. The molecule has 0 atom stereocenters. The zero-order chi connectivity index (χ0) is 13.8. The summed E-state index contributed by atoms with van der Waals surface area (Å²) in [6.07, 6.45) is 2.92. The van der Waals surface area contributed by atoms with Crippen LogP contribution in [0.3, 0.4) is 0 Å². The minimum atomic E-state index is -1.15. The number of carboxylic acids is 1. The van der Waals surface area contributed by atoms with Gasteiger partial charge in [0.2, 0.25) is 0 Å². The standard InChI is InChI=1S/C13H10N2O4/c16-11-6-8(13(18)19)3-4-10(11)15-12(17)9-2-1-5-14-7-9/h1-7,16H,(H,15,17)(H,18,19). The van der Waals surface area contributed by atoms with Crippen LogP contribution in [0.25, 0.3) is 0 Å². The summed E-state index contributed by atoms with van der Waals surface area (Å²) in [6.45, 7) is 0. The van der Waals surface area contributed by atoms with Crippen molar-refractivity contribution in [2.75, 3.05) is 5.32 Å². The molecule has 2 rings (SSSR count). The first-order valence-electron chi connectivity index (χ1n) is 5.35. The van der Waals surface area contributed by atoms with Crippen LogP contribution in [0.2, 0.25) is 0 Å². The highest BCUT2D eigenvalue weighted by molar-refractivity contribution is 6.05. The van der Waals surface area contributed by atoms with Crippen molar-refractivity contribution in [3.05, 3.63) is 53.9 Å². The Morgan fingerprint density at radius 2 is 1.95 bits per heavy atom. The highest BCUT2D eigenvalue weighted by atomic mass is 16.4. The molecule has 0 aliphatic carbocycles. The first-order valence-corrected chi connectivity index (χ1v) is 5.35. The SMILES string of the molecule is O=C(O)c1ccc(NC(=O)c2cccnc2)c(O)c1. The maximum absolute atomic E-state index is 11.8. The van der Waals surface area contributed by atoms with E-state index in [0.29, 0.717) is 5.56 Å². The molecule has 96 valence electrons. The number of nitrogens with one attached hydrogen (secondary N) is 1. The average molecular weight is 258 g/mol. The topological polar surface area (TPSA) is 99.5 Å². The highest BCUT2D eigenvalue weighted by Crippen LogP contribution is 2.24. The van der Waals surface area contributed by atoms with Gasteiger partial charge in [0.1, 0.15) is 5.75 Å². The van der Waals surface area contributed by atoms with Crippen molar-refractivity contribution in [1.29, 1.82) is 0 Å². The molecule has 0 unspecified atom stereocenters. The minimum absolute atomic E-state index is 0.0584. The van der Waals surface area contributed by atoms with E-state index in [1.807, 2.05) is 0 Å². The van der Waals surface area contributed by atoms with Gasteiger partial charge in [-0.1, -0.05) is 0 Å². The summed E-state index contributed by atoms with van der Waals surface area (Å²) in [6, 6.07) is 6.88. The molecule has 0 saturated heterocycles. The summed E-state index contributed by atoms with van der Waals surface area (Å²) < 4.78 is 0. The first kappa shape index (κ1) is 12.6. The average Bonchev–Trinajstić information content (AvgIpc) is 2.41. The molecule has 0 spiro atoms. The smallest absolute Gasteiger partial charge is 0.335 e. The molecule has 2 aromatic rings. The number of carbonyl (C=O) groups excluding carboxylic acids is 1. The molecule has 6 nitrogen and oxygen atoms in total. The molecular formula is C13H10N2O4. The molecule has 1 aromatic heterocycles. The van der Waals surface area contributed by atoms with Crippen molar-refractivity contribution in [1.82, 2.24) is 4.98 Å². The Labute approximate surface area is 108 Å². The van der Waals surface area contributed by atoms with Crippen molar-refractivity contribution in [3.8, 4) is 5.75 Å². The molecule has 19 heavy (non-hydrogen) atoms. The van der Waals surface area contributed by atoms with Gasteiger partial charge in [-0.3, -0.25) is 9.78 Å². The van der Waals surface area contributed by atoms with Crippen molar-refractivity contribution in [2.45, 2.75) is 0 Å². The lowest BCUT2D eigenvalue weighted by molar-refractivity contribution is 0.0696. The second-order valence-corrected chi connectivity index (χ2v) is 3.73. The van der Waals surface area contributed by atoms with Crippen LogP contribution in [-0.4, -0.2) is 27.1 Å². The van der Waals surface area contributed by atoms with Crippen molar-refractivity contribution in [2.24, 2.45) is 0 Å². The number of aromatic nitrogens is 1. The van der Waals surface area contributed by atoms with Crippen molar-refractivity contribution in [3.63, 3.8) is 0 Å². The van der Waals surface area contributed by atoms with Gasteiger partial charge in [0.05, 0.1) is 16.8 Å². The fourth-order valence-corrected chi connectivity index (χ4v) is 1.46. The summed E-state index contributed by atoms with van der Waals surface area (Å²) in [5.74, 6) is -1.90.